The number of esters is 1. The topological polar surface area (TPSA) is 119 Å². The number of carbonyl (C=O) groups is 2. The quantitative estimate of drug-likeness (QED) is 0.591. The average Bonchev–Trinajstić information content (AvgIpc) is 2.66. The number of nitrogens with zero attached hydrogens (tertiary/aromatic N) is 1. The highest BCUT2D eigenvalue weighted by Gasteiger charge is 2.33. The predicted molar refractivity (Wildman–Crippen MR) is 109 cm³/mol. The molecule has 1 aromatic carbocycles. The van der Waals surface area contributed by atoms with E-state index in [4.69, 9.17) is 10.5 Å². The van der Waals surface area contributed by atoms with Gasteiger partial charge in [-0.3, -0.25) is 4.79 Å². The van der Waals surface area contributed by atoms with Crippen molar-refractivity contribution in [3.05, 3.63) is 35.4 Å². The Hall–Kier alpha value is -1.68. The van der Waals surface area contributed by atoms with Gasteiger partial charge in [-0.15, -0.1) is 12.4 Å². The molecule has 10 heteroatoms. The van der Waals surface area contributed by atoms with E-state index >= 15 is 0 Å². The number of hydrogen-bond acceptors (Lipinski definition) is 6. The second-order valence-corrected chi connectivity index (χ2v) is 8.43. The van der Waals surface area contributed by atoms with Crippen LogP contribution < -0.4 is 11.1 Å². The first kappa shape index (κ1) is 24.4. The maximum Gasteiger partial charge on any atom is 0.338 e. The standard InChI is InChI=1S/C18H27N3O5S.ClH/c1-26-18(23)16-8-3-2-6-14(16)13-27(24,25)21-11-5-4-7-15(21)12-20-17(22)9-10-19;/h2-3,6,8,15H,4-5,7,9-13,19H2,1H3,(H,20,22);1H. The summed E-state index contributed by atoms with van der Waals surface area (Å²) in [6.07, 6.45) is 2.57. The third-order valence-electron chi connectivity index (χ3n) is 4.60. The lowest BCUT2D eigenvalue weighted by Crippen LogP contribution is -2.49. The monoisotopic (exact) mass is 433 g/mol. The Bertz CT molecular complexity index is 772. The number of hydrogen-bond donors (Lipinski definition) is 2. The van der Waals surface area contributed by atoms with Crippen molar-refractivity contribution in [3.8, 4) is 0 Å². The number of methoxy groups -OCH3 is 1. The third kappa shape index (κ3) is 6.44. The maximum atomic E-state index is 13.0. The summed E-state index contributed by atoms with van der Waals surface area (Å²) in [6.45, 7) is 0.916. The van der Waals surface area contributed by atoms with Crippen LogP contribution in [0, 0.1) is 0 Å². The van der Waals surface area contributed by atoms with Gasteiger partial charge in [-0.25, -0.2) is 13.2 Å². The maximum absolute atomic E-state index is 13.0. The molecule has 1 fully saturated rings. The van der Waals surface area contributed by atoms with Crippen molar-refractivity contribution in [1.82, 2.24) is 9.62 Å². The van der Waals surface area contributed by atoms with Crippen LogP contribution in [0.1, 0.15) is 41.6 Å². The van der Waals surface area contributed by atoms with Gasteiger partial charge in [0.15, 0.2) is 0 Å². The van der Waals surface area contributed by atoms with Gasteiger partial charge < -0.3 is 15.8 Å². The van der Waals surface area contributed by atoms with E-state index in [-0.39, 0.29) is 55.2 Å². The van der Waals surface area contributed by atoms with E-state index in [1.807, 2.05) is 0 Å². The van der Waals surface area contributed by atoms with Gasteiger partial charge in [0, 0.05) is 32.1 Å². The van der Waals surface area contributed by atoms with Crippen LogP contribution in [0.25, 0.3) is 0 Å². The molecule has 1 aliphatic rings. The van der Waals surface area contributed by atoms with Crippen LogP contribution in [0.2, 0.25) is 0 Å². The van der Waals surface area contributed by atoms with Crippen LogP contribution in [-0.2, 0) is 25.3 Å². The molecule has 28 heavy (non-hydrogen) atoms. The highest BCUT2D eigenvalue weighted by atomic mass is 35.5. The zero-order valence-corrected chi connectivity index (χ0v) is 17.6. The molecule has 0 aromatic heterocycles. The van der Waals surface area contributed by atoms with Crippen molar-refractivity contribution in [2.45, 2.75) is 37.5 Å². The van der Waals surface area contributed by atoms with Crippen LogP contribution in [-0.4, -0.2) is 57.4 Å². The summed E-state index contributed by atoms with van der Waals surface area (Å²) >= 11 is 0. The highest BCUT2D eigenvalue weighted by Crippen LogP contribution is 2.24. The van der Waals surface area contributed by atoms with E-state index in [2.05, 4.69) is 5.32 Å². The normalized spacial score (nSPS) is 17.4. The fourth-order valence-electron chi connectivity index (χ4n) is 3.23. The molecule has 0 aliphatic carbocycles. The van der Waals surface area contributed by atoms with Crippen LogP contribution in [0.5, 0.6) is 0 Å². The molecule has 1 aliphatic heterocycles. The van der Waals surface area contributed by atoms with Crippen molar-refractivity contribution in [2.75, 3.05) is 26.7 Å². The van der Waals surface area contributed by atoms with Crippen LogP contribution >= 0.6 is 12.4 Å². The van der Waals surface area contributed by atoms with Crippen molar-refractivity contribution in [3.63, 3.8) is 0 Å². The van der Waals surface area contributed by atoms with Crippen LogP contribution in [0.3, 0.4) is 0 Å². The molecule has 158 valence electrons. The van der Waals surface area contributed by atoms with Gasteiger partial charge in [0.1, 0.15) is 0 Å². The molecule has 3 N–H and O–H groups in total. The molecule has 1 heterocycles. The summed E-state index contributed by atoms with van der Waals surface area (Å²) in [4.78, 5) is 23.6. The second-order valence-electron chi connectivity index (χ2n) is 6.51. The Balaban J connectivity index is 0.00000392. The van der Waals surface area contributed by atoms with E-state index in [0.717, 1.165) is 12.8 Å². The van der Waals surface area contributed by atoms with Gasteiger partial charge in [0.25, 0.3) is 0 Å². The molecule has 2 rings (SSSR count). The molecule has 1 amide bonds. The molecular weight excluding hydrogens is 406 g/mol. The Morgan fingerprint density at radius 3 is 2.68 bits per heavy atom. The number of benzene rings is 1. The largest absolute Gasteiger partial charge is 0.465 e. The lowest BCUT2D eigenvalue weighted by molar-refractivity contribution is -0.121. The molecule has 0 saturated carbocycles. The van der Waals surface area contributed by atoms with Gasteiger partial charge in [-0.1, -0.05) is 24.6 Å². The fourth-order valence-corrected chi connectivity index (χ4v) is 5.08. The summed E-state index contributed by atoms with van der Waals surface area (Å²) in [6, 6.07) is 6.23. The molecule has 0 spiro atoms. The minimum Gasteiger partial charge on any atom is -0.465 e. The number of nitrogens with one attached hydrogen (secondary N) is 1. The summed E-state index contributed by atoms with van der Waals surface area (Å²) in [5.41, 5.74) is 6.01. The van der Waals surface area contributed by atoms with E-state index in [0.29, 0.717) is 18.5 Å². The molecular formula is C18H28ClN3O5S. The van der Waals surface area contributed by atoms with Crippen molar-refractivity contribution < 1.29 is 22.7 Å². The first-order chi connectivity index (χ1) is 12.9. The molecule has 1 aromatic rings. The number of ether oxygens (including phenoxy) is 1. The number of piperidine rings is 1. The van der Waals surface area contributed by atoms with Gasteiger partial charge in [-0.2, -0.15) is 4.31 Å². The minimum absolute atomic E-state index is 0. The van der Waals surface area contributed by atoms with Gasteiger partial charge >= 0.3 is 5.97 Å². The molecule has 1 atom stereocenters. The Labute approximate surface area is 172 Å². The molecule has 1 unspecified atom stereocenters. The number of amides is 1. The van der Waals surface area contributed by atoms with Gasteiger partial charge in [0.2, 0.25) is 15.9 Å². The summed E-state index contributed by atoms with van der Waals surface area (Å²) in [5.74, 6) is -1.03. The minimum atomic E-state index is -3.66. The molecule has 8 nitrogen and oxygen atoms in total. The van der Waals surface area contributed by atoms with Crippen molar-refractivity contribution in [1.29, 1.82) is 0 Å². The lowest BCUT2D eigenvalue weighted by atomic mass is 10.1. The Kier molecular flexibility index (Phi) is 9.88. The van der Waals surface area contributed by atoms with Gasteiger partial charge in [-0.05, 0) is 24.5 Å². The summed E-state index contributed by atoms with van der Waals surface area (Å²) in [5, 5.41) is 2.76. The van der Waals surface area contributed by atoms with Crippen molar-refractivity contribution >= 4 is 34.3 Å². The zero-order valence-electron chi connectivity index (χ0n) is 15.9. The summed E-state index contributed by atoms with van der Waals surface area (Å²) < 4.78 is 32.3. The van der Waals surface area contributed by atoms with Crippen molar-refractivity contribution in [2.24, 2.45) is 5.73 Å². The first-order valence-electron chi connectivity index (χ1n) is 9.01. The first-order valence-corrected chi connectivity index (χ1v) is 10.6. The molecule has 0 bridgehead atoms. The number of nitrogens with two attached hydrogens (primary N) is 1. The average molecular weight is 434 g/mol. The third-order valence-corrected chi connectivity index (χ3v) is 6.47. The highest BCUT2D eigenvalue weighted by molar-refractivity contribution is 7.88. The lowest BCUT2D eigenvalue weighted by Gasteiger charge is -2.35. The number of carbonyl (C=O) groups excluding carboxylic acids is 2. The van der Waals surface area contributed by atoms with E-state index in [1.54, 1.807) is 24.3 Å². The van der Waals surface area contributed by atoms with E-state index in [1.165, 1.54) is 11.4 Å². The zero-order chi connectivity index (χ0) is 19.9. The smallest absolute Gasteiger partial charge is 0.338 e. The SMILES string of the molecule is COC(=O)c1ccccc1CS(=O)(=O)N1CCCCC1CNC(=O)CCN.Cl. The second kappa shape index (κ2) is 11.4. The van der Waals surface area contributed by atoms with Crippen LogP contribution in [0.15, 0.2) is 24.3 Å². The Morgan fingerprint density at radius 1 is 1.29 bits per heavy atom. The van der Waals surface area contributed by atoms with E-state index in [9.17, 15) is 18.0 Å². The molecule has 0 radical (unpaired) electrons. The fraction of sp³-hybridized carbons (Fsp3) is 0.556. The van der Waals surface area contributed by atoms with Crippen LogP contribution in [0.4, 0.5) is 0 Å². The van der Waals surface area contributed by atoms with E-state index < -0.39 is 16.0 Å². The van der Waals surface area contributed by atoms with Gasteiger partial charge in [0.05, 0.1) is 18.4 Å². The number of sulfonamides is 1. The predicted octanol–water partition coefficient (Wildman–Crippen LogP) is 1.04. The molecule has 1 saturated heterocycles. The Morgan fingerprint density at radius 2 is 2.00 bits per heavy atom. The number of rotatable bonds is 8. The summed E-state index contributed by atoms with van der Waals surface area (Å²) in [7, 11) is -2.40. The number of halogens is 1.